The lowest BCUT2D eigenvalue weighted by Crippen LogP contribution is -2.27. The van der Waals surface area contributed by atoms with Crippen LogP contribution in [0.2, 0.25) is 0 Å². The highest BCUT2D eigenvalue weighted by atomic mass is 16.5. The molecule has 2 amide bonds. The van der Waals surface area contributed by atoms with Crippen LogP contribution in [0.1, 0.15) is 35.7 Å². The number of anilines is 2. The van der Waals surface area contributed by atoms with Crippen LogP contribution in [0.15, 0.2) is 42.5 Å². The highest BCUT2D eigenvalue weighted by Gasteiger charge is 2.22. The predicted molar refractivity (Wildman–Crippen MR) is 89.1 cm³/mol. The van der Waals surface area contributed by atoms with Crippen LogP contribution in [0.25, 0.3) is 0 Å². The maximum absolute atomic E-state index is 12.6. The van der Waals surface area contributed by atoms with Crippen molar-refractivity contribution < 1.29 is 14.3 Å². The summed E-state index contributed by atoms with van der Waals surface area (Å²) in [6, 6.07) is 12.8. The van der Waals surface area contributed by atoms with Gasteiger partial charge in [0.25, 0.3) is 11.8 Å². The normalized spacial score (nSPS) is 13.1. The van der Waals surface area contributed by atoms with Gasteiger partial charge in [0.05, 0.1) is 11.3 Å². The van der Waals surface area contributed by atoms with E-state index in [1.807, 2.05) is 24.3 Å². The molecule has 2 aromatic carbocycles. The molecule has 0 bridgehead atoms. The first kappa shape index (κ1) is 15.1. The van der Waals surface area contributed by atoms with E-state index in [1.54, 1.807) is 18.2 Å². The predicted octanol–water partition coefficient (Wildman–Crippen LogP) is 3.39. The molecule has 1 aliphatic rings. The Morgan fingerprint density at radius 1 is 1.17 bits per heavy atom. The molecule has 0 aromatic heterocycles. The van der Waals surface area contributed by atoms with Gasteiger partial charge in [-0.3, -0.25) is 9.59 Å². The quantitative estimate of drug-likeness (QED) is 0.913. The topological polar surface area (TPSA) is 67.4 Å². The first-order valence-corrected chi connectivity index (χ1v) is 7.52. The third-order valence-electron chi connectivity index (χ3n) is 3.73. The highest BCUT2D eigenvalue weighted by Crippen LogP contribution is 2.32. The van der Waals surface area contributed by atoms with E-state index in [-0.39, 0.29) is 18.4 Å². The number of para-hydroxylation sites is 2. The van der Waals surface area contributed by atoms with Crippen molar-refractivity contribution in [2.45, 2.75) is 19.8 Å². The molecule has 0 aliphatic carbocycles. The van der Waals surface area contributed by atoms with Gasteiger partial charge < -0.3 is 15.4 Å². The van der Waals surface area contributed by atoms with Crippen molar-refractivity contribution in [2.24, 2.45) is 0 Å². The number of benzene rings is 2. The van der Waals surface area contributed by atoms with Crippen LogP contribution in [0.5, 0.6) is 5.75 Å². The second-order valence-corrected chi connectivity index (χ2v) is 5.71. The van der Waals surface area contributed by atoms with Gasteiger partial charge >= 0.3 is 0 Å². The lowest BCUT2D eigenvalue weighted by atomic mass is 10.0. The Morgan fingerprint density at radius 3 is 2.74 bits per heavy atom. The van der Waals surface area contributed by atoms with Gasteiger partial charge in [-0.25, -0.2) is 0 Å². The van der Waals surface area contributed by atoms with Crippen molar-refractivity contribution in [2.75, 3.05) is 17.2 Å². The second kappa shape index (κ2) is 6.12. The van der Waals surface area contributed by atoms with Crippen molar-refractivity contribution in [1.29, 1.82) is 0 Å². The van der Waals surface area contributed by atoms with E-state index in [4.69, 9.17) is 4.74 Å². The summed E-state index contributed by atoms with van der Waals surface area (Å²) in [5.74, 6) is 0.259. The van der Waals surface area contributed by atoms with Crippen LogP contribution < -0.4 is 15.4 Å². The van der Waals surface area contributed by atoms with Crippen molar-refractivity contribution >= 4 is 23.2 Å². The third-order valence-corrected chi connectivity index (χ3v) is 3.73. The van der Waals surface area contributed by atoms with Crippen LogP contribution in [0.3, 0.4) is 0 Å². The summed E-state index contributed by atoms with van der Waals surface area (Å²) in [6.45, 7) is 4.11. The standard InChI is InChI=1S/C18H18N2O3/c1-11(2)12-6-3-4-8-14(12)19-18(22)13-7-5-9-15-17(13)20-16(21)10-23-15/h3-9,11H,10H2,1-2H3,(H,19,22)(H,20,21). The summed E-state index contributed by atoms with van der Waals surface area (Å²) in [4.78, 5) is 24.2. The average molecular weight is 310 g/mol. The Labute approximate surface area is 134 Å². The fraction of sp³-hybridized carbons (Fsp3) is 0.222. The van der Waals surface area contributed by atoms with Gasteiger partial charge in [0, 0.05) is 5.69 Å². The van der Waals surface area contributed by atoms with Gasteiger partial charge in [-0.05, 0) is 29.7 Å². The molecule has 0 spiro atoms. The Bertz CT molecular complexity index is 769. The van der Waals surface area contributed by atoms with Gasteiger partial charge in [-0.1, -0.05) is 38.1 Å². The summed E-state index contributed by atoms with van der Waals surface area (Å²) >= 11 is 0. The molecule has 1 aliphatic heterocycles. The molecule has 2 N–H and O–H groups in total. The van der Waals surface area contributed by atoms with Gasteiger partial charge in [-0.2, -0.15) is 0 Å². The van der Waals surface area contributed by atoms with Gasteiger partial charge in [0.1, 0.15) is 5.75 Å². The van der Waals surface area contributed by atoms with Gasteiger partial charge in [-0.15, -0.1) is 0 Å². The molecule has 5 nitrogen and oxygen atoms in total. The molecule has 118 valence electrons. The highest BCUT2D eigenvalue weighted by molar-refractivity contribution is 6.12. The van der Waals surface area contributed by atoms with E-state index in [0.29, 0.717) is 22.9 Å². The molecule has 0 unspecified atom stereocenters. The smallest absolute Gasteiger partial charge is 0.262 e. The molecule has 1 heterocycles. The maximum Gasteiger partial charge on any atom is 0.262 e. The van der Waals surface area contributed by atoms with Crippen LogP contribution >= 0.6 is 0 Å². The molecule has 0 fully saturated rings. The molecule has 0 atom stereocenters. The molecule has 23 heavy (non-hydrogen) atoms. The largest absolute Gasteiger partial charge is 0.482 e. The average Bonchev–Trinajstić information content (AvgIpc) is 2.54. The van der Waals surface area contributed by atoms with Crippen molar-refractivity contribution in [3.05, 3.63) is 53.6 Å². The minimum absolute atomic E-state index is 0.0335. The lowest BCUT2D eigenvalue weighted by molar-refractivity contribution is -0.118. The Kier molecular flexibility index (Phi) is 4.02. The summed E-state index contributed by atoms with van der Waals surface area (Å²) in [7, 11) is 0. The number of fused-ring (bicyclic) bond motifs is 1. The summed E-state index contributed by atoms with van der Waals surface area (Å²) < 4.78 is 5.35. The second-order valence-electron chi connectivity index (χ2n) is 5.71. The van der Waals surface area contributed by atoms with E-state index in [1.165, 1.54) is 0 Å². The van der Waals surface area contributed by atoms with E-state index in [2.05, 4.69) is 24.5 Å². The van der Waals surface area contributed by atoms with Gasteiger partial charge in [0.2, 0.25) is 0 Å². The molecular weight excluding hydrogens is 292 g/mol. The van der Waals surface area contributed by atoms with Crippen LogP contribution in [0.4, 0.5) is 11.4 Å². The Balaban J connectivity index is 1.92. The number of hydrogen-bond donors (Lipinski definition) is 2. The number of nitrogens with one attached hydrogen (secondary N) is 2. The summed E-state index contributed by atoms with van der Waals surface area (Å²) in [5, 5.41) is 5.64. The van der Waals surface area contributed by atoms with E-state index in [0.717, 1.165) is 11.3 Å². The first-order chi connectivity index (χ1) is 11.1. The molecule has 0 radical (unpaired) electrons. The Hall–Kier alpha value is -2.82. The number of carbonyl (C=O) groups excluding carboxylic acids is 2. The maximum atomic E-state index is 12.6. The van der Waals surface area contributed by atoms with E-state index in [9.17, 15) is 9.59 Å². The molecule has 0 saturated carbocycles. The summed E-state index contributed by atoms with van der Waals surface area (Å²) in [5.41, 5.74) is 2.64. The third kappa shape index (κ3) is 3.04. The zero-order chi connectivity index (χ0) is 16.4. The molecular formula is C18H18N2O3. The lowest BCUT2D eigenvalue weighted by Gasteiger charge is -2.21. The van der Waals surface area contributed by atoms with Crippen molar-refractivity contribution in [1.82, 2.24) is 0 Å². The molecule has 3 rings (SSSR count). The minimum Gasteiger partial charge on any atom is -0.482 e. The van der Waals surface area contributed by atoms with E-state index < -0.39 is 0 Å². The molecule has 0 saturated heterocycles. The summed E-state index contributed by atoms with van der Waals surface area (Å²) in [6.07, 6.45) is 0. The number of hydrogen-bond acceptors (Lipinski definition) is 3. The monoisotopic (exact) mass is 310 g/mol. The number of rotatable bonds is 3. The van der Waals surface area contributed by atoms with E-state index >= 15 is 0 Å². The van der Waals surface area contributed by atoms with Gasteiger partial charge in [0.15, 0.2) is 6.61 Å². The fourth-order valence-corrected chi connectivity index (χ4v) is 2.59. The number of carbonyl (C=O) groups is 2. The number of ether oxygens (including phenoxy) is 1. The fourth-order valence-electron chi connectivity index (χ4n) is 2.59. The SMILES string of the molecule is CC(C)c1ccccc1NC(=O)c1cccc2c1NC(=O)CO2. The van der Waals surface area contributed by atoms with Crippen molar-refractivity contribution in [3.63, 3.8) is 0 Å². The minimum atomic E-state index is -0.277. The zero-order valence-electron chi connectivity index (χ0n) is 13.1. The van der Waals surface area contributed by atoms with Crippen LogP contribution in [-0.4, -0.2) is 18.4 Å². The molecule has 5 heteroatoms. The first-order valence-electron chi connectivity index (χ1n) is 7.52. The number of amides is 2. The zero-order valence-corrected chi connectivity index (χ0v) is 13.1. The Morgan fingerprint density at radius 2 is 1.96 bits per heavy atom. The van der Waals surface area contributed by atoms with Crippen LogP contribution in [0, 0.1) is 0 Å². The molecule has 2 aromatic rings. The van der Waals surface area contributed by atoms with Crippen LogP contribution in [-0.2, 0) is 4.79 Å². The van der Waals surface area contributed by atoms with Crippen molar-refractivity contribution in [3.8, 4) is 5.75 Å².